The van der Waals surface area contributed by atoms with Crippen LogP contribution in [0.3, 0.4) is 0 Å². The lowest BCUT2D eigenvalue weighted by atomic mass is 10.1. The fourth-order valence-electron chi connectivity index (χ4n) is 2.68. The van der Waals surface area contributed by atoms with Gasteiger partial charge >= 0.3 is 6.09 Å². The Kier molecular flexibility index (Phi) is 4.43. The Morgan fingerprint density at radius 3 is 2.65 bits per heavy atom. The van der Waals surface area contributed by atoms with Crippen LogP contribution in [0, 0.1) is 0 Å². The molecule has 1 fully saturated rings. The maximum absolute atomic E-state index is 11.8. The second-order valence-corrected chi connectivity index (χ2v) is 7.88. The van der Waals surface area contributed by atoms with Gasteiger partial charge in [0, 0.05) is 19.1 Å². The first-order chi connectivity index (χ1) is 10.9. The molecule has 0 atom stereocenters. The second-order valence-electron chi connectivity index (χ2n) is 6.87. The maximum atomic E-state index is 11.8. The van der Waals surface area contributed by atoms with Crippen LogP contribution in [0.2, 0.25) is 0 Å². The van der Waals surface area contributed by atoms with Gasteiger partial charge in [-0.3, -0.25) is 0 Å². The van der Waals surface area contributed by atoms with Crippen LogP contribution in [0.5, 0.6) is 0 Å². The summed E-state index contributed by atoms with van der Waals surface area (Å²) in [5.74, 6) is 0. The molecule has 1 aliphatic heterocycles. The Bertz CT molecular complexity index is 651. The number of aromatic nitrogens is 1. The summed E-state index contributed by atoms with van der Waals surface area (Å²) in [7, 11) is 0. The number of nitrogens with one attached hydrogen (secondary N) is 1. The Hall–Kier alpha value is -1.82. The molecule has 1 aromatic carbocycles. The highest BCUT2D eigenvalue weighted by molar-refractivity contribution is 7.22. The molecule has 0 radical (unpaired) electrons. The summed E-state index contributed by atoms with van der Waals surface area (Å²) in [6, 6.07) is 8.39. The van der Waals surface area contributed by atoms with E-state index in [0.29, 0.717) is 0 Å². The number of piperidine rings is 1. The van der Waals surface area contributed by atoms with Crippen LogP contribution >= 0.6 is 11.3 Å². The van der Waals surface area contributed by atoms with Crippen molar-refractivity contribution in [2.75, 3.05) is 18.0 Å². The number of carbonyl (C=O) groups excluding carboxylic acids is 1. The normalized spacial score (nSPS) is 16.6. The highest BCUT2D eigenvalue weighted by Gasteiger charge is 2.24. The number of thiazole rings is 1. The Balaban J connectivity index is 1.55. The van der Waals surface area contributed by atoms with Crippen LogP contribution in [-0.2, 0) is 4.74 Å². The average molecular weight is 333 g/mol. The van der Waals surface area contributed by atoms with E-state index in [1.165, 1.54) is 4.70 Å². The fraction of sp³-hybridized carbons (Fsp3) is 0.529. The number of alkyl carbamates (subject to hydrolysis) is 1. The first-order valence-electron chi connectivity index (χ1n) is 8.01. The number of benzene rings is 1. The molecular formula is C17H23N3O2S. The highest BCUT2D eigenvalue weighted by Crippen LogP contribution is 2.30. The second kappa shape index (κ2) is 6.35. The highest BCUT2D eigenvalue weighted by atomic mass is 32.1. The lowest BCUT2D eigenvalue weighted by Crippen LogP contribution is -2.46. The lowest BCUT2D eigenvalue weighted by molar-refractivity contribution is 0.0497. The fourth-order valence-corrected chi connectivity index (χ4v) is 3.70. The molecule has 0 saturated carbocycles. The van der Waals surface area contributed by atoms with Crippen molar-refractivity contribution in [1.29, 1.82) is 0 Å². The van der Waals surface area contributed by atoms with Gasteiger partial charge < -0.3 is 15.0 Å². The van der Waals surface area contributed by atoms with Gasteiger partial charge in [0.2, 0.25) is 0 Å². The van der Waals surface area contributed by atoms with E-state index in [1.807, 2.05) is 39.0 Å². The van der Waals surface area contributed by atoms with Crippen molar-refractivity contribution in [3.05, 3.63) is 24.3 Å². The topological polar surface area (TPSA) is 54.5 Å². The van der Waals surface area contributed by atoms with Crippen molar-refractivity contribution < 1.29 is 9.53 Å². The smallest absolute Gasteiger partial charge is 0.407 e. The monoisotopic (exact) mass is 333 g/mol. The molecule has 5 nitrogen and oxygen atoms in total. The van der Waals surface area contributed by atoms with Crippen LogP contribution in [-0.4, -0.2) is 35.8 Å². The number of hydrogen-bond acceptors (Lipinski definition) is 5. The van der Waals surface area contributed by atoms with Crippen molar-refractivity contribution in [3.8, 4) is 0 Å². The summed E-state index contributed by atoms with van der Waals surface area (Å²) >= 11 is 1.73. The Morgan fingerprint density at radius 2 is 2.00 bits per heavy atom. The third-order valence-electron chi connectivity index (χ3n) is 3.77. The van der Waals surface area contributed by atoms with E-state index in [2.05, 4.69) is 16.3 Å². The number of ether oxygens (including phenoxy) is 1. The molecule has 124 valence electrons. The van der Waals surface area contributed by atoms with E-state index < -0.39 is 5.60 Å². The van der Waals surface area contributed by atoms with Crippen molar-refractivity contribution in [2.24, 2.45) is 0 Å². The zero-order valence-corrected chi connectivity index (χ0v) is 14.7. The van der Waals surface area contributed by atoms with E-state index in [9.17, 15) is 4.79 Å². The molecule has 1 amide bonds. The molecule has 2 heterocycles. The van der Waals surface area contributed by atoms with Crippen LogP contribution in [0.15, 0.2) is 24.3 Å². The van der Waals surface area contributed by atoms with Gasteiger partial charge in [0.05, 0.1) is 10.2 Å². The minimum absolute atomic E-state index is 0.176. The van der Waals surface area contributed by atoms with Crippen LogP contribution in [0.1, 0.15) is 33.6 Å². The van der Waals surface area contributed by atoms with E-state index >= 15 is 0 Å². The molecule has 23 heavy (non-hydrogen) atoms. The third-order valence-corrected chi connectivity index (χ3v) is 4.87. The quantitative estimate of drug-likeness (QED) is 0.908. The third kappa shape index (κ3) is 4.13. The van der Waals surface area contributed by atoms with E-state index in [1.54, 1.807) is 11.3 Å². The zero-order chi connectivity index (χ0) is 16.4. The molecule has 6 heteroatoms. The molecule has 1 saturated heterocycles. The zero-order valence-electron chi connectivity index (χ0n) is 13.8. The van der Waals surface area contributed by atoms with Crippen molar-refractivity contribution in [1.82, 2.24) is 10.3 Å². The SMILES string of the molecule is CC(C)(C)OC(=O)NC1CCN(c2nc3ccccc3s2)CC1. The summed E-state index contributed by atoms with van der Waals surface area (Å²) in [5.41, 5.74) is 0.604. The lowest BCUT2D eigenvalue weighted by Gasteiger charge is -2.32. The predicted molar refractivity (Wildman–Crippen MR) is 94.2 cm³/mol. The molecular weight excluding hydrogens is 310 g/mol. The molecule has 1 aliphatic rings. The predicted octanol–water partition coefficient (Wildman–Crippen LogP) is 3.79. The summed E-state index contributed by atoms with van der Waals surface area (Å²) in [6.07, 6.45) is 1.50. The molecule has 0 spiro atoms. The number of amides is 1. The van der Waals surface area contributed by atoms with Gasteiger partial charge in [0.15, 0.2) is 5.13 Å². The largest absolute Gasteiger partial charge is 0.444 e. The van der Waals surface area contributed by atoms with Crippen LogP contribution in [0.25, 0.3) is 10.2 Å². The number of hydrogen-bond donors (Lipinski definition) is 1. The van der Waals surface area contributed by atoms with Crippen molar-refractivity contribution >= 4 is 32.8 Å². The van der Waals surface area contributed by atoms with Gasteiger partial charge in [-0.1, -0.05) is 23.5 Å². The summed E-state index contributed by atoms with van der Waals surface area (Å²) < 4.78 is 6.54. The first kappa shape index (κ1) is 16.1. The summed E-state index contributed by atoms with van der Waals surface area (Å²) in [5, 5.41) is 4.04. The van der Waals surface area contributed by atoms with Gasteiger partial charge in [-0.2, -0.15) is 0 Å². The Morgan fingerprint density at radius 1 is 1.30 bits per heavy atom. The van der Waals surface area contributed by atoms with Gasteiger partial charge in [0.1, 0.15) is 5.60 Å². The number of para-hydroxylation sites is 1. The minimum Gasteiger partial charge on any atom is -0.444 e. The molecule has 0 unspecified atom stereocenters. The van der Waals surface area contributed by atoms with Gasteiger partial charge in [-0.25, -0.2) is 9.78 Å². The van der Waals surface area contributed by atoms with Gasteiger partial charge in [-0.05, 0) is 45.7 Å². The molecule has 2 aromatic rings. The van der Waals surface area contributed by atoms with Crippen LogP contribution < -0.4 is 10.2 Å². The number of nitrogens with zero attached hydrogens (tertiary/aromatic N) is 2. The number of rotatable bonds is 2. The van der Waals surface area contributed by atoms with Gasteiger partial charge in [-0.15, -0.1) is 0 Å². The number of carbonyl (C=O) groups is 1. The number of anilines is 1. The van der Waals surface area contributed by atoms with E-state index in [0.717, 1.165) is 36.6 Å². The molecule has 1 aromatic heterocycles. The van der Waals surface area contributed by atoms with Crippen molar-refractivity contribution in [2.45, 2.75) is 45.3 Å². The van der Waals surface area contributed by atoms with Crippen molar-refractivity contribution in [3.63, 3.8) is 0 Å². The van der Waals surface area contributed by atoms with E-state index in [-0.39, 0.29) is 12.1 Å². The maximum Gasteiger partial charge on any atom is 0.407 e. The van der Waals surface area contributed by atoms with Crippen LogP contribution in [0.4, 0.5) is 9.93 Å². The summed E-state index contributed by atoms with van der Waals surface area (Å²) in [6.45, 7) is 7.44. The molecule has 3 rings (SSSR count). The number of fused-ring (bicyclic) bond motifs is 1. The first-order valence-corrected chi connectivity index (χ1v) is 8.82. The standard InChI is InChI=1S/C17H23N3O2S/c1-17(2,3)22-16(21)18-12-8-10-20(11-9-12)15-19-13-6-4-5-7-14(13)23-15/h4-7,12H,8-11H2,1-3H3,(H,18,21). The average Bonchev–Trinajstić information content (AvgIpc) is 2.89. The minimum atomic E-state index is -0.453. The molecule has 1 N–H and O–H groups in total. The van der Waals surface area contributed by atoms with Gasteiger partial charge in [0.25, 0.3) is 0 Å². The summed E-state index contributed by atoms with van der Waals surface area (Å²) in [4.78, 5) is 18.8. The molecule has 0 aliphatic carbocycles. The Labute approximate surface area is 140 Å². The van der Waals surface area contributed by atoms with E-state index in [4.69, 9.17) is 9.72 Å². The molecule has 0 bridgehead atoms.